The highest BCUT2D eigenvalue weighted by atomic mass is 35.5. The molecule has 2 N–H and O–H groups in total. The maximum atomic E-state index is 8.69. The molecule has 2 aromatic rings. The highest BCUT2D eigenvalue weighted by Gasteiger charge is 2.04. The van der Waals surface area contributed by atoms with Crippen LogP contribution >= 0.6 is 11.6 Å². The molecule has 4 nitrogen and oxygen atoms in total. The number of pyridine rings is 1. The van der Waals surface area contributed by atoms with Crippen LogP contribution in [0.5, 0.6) is 5.88 Å². The molecule has 0 aliphatic heterocycles. The van der Waals surface area contributed by atoms with Crippen molar-refractivity contribution in [1.29, 1.82) is 5.26 Å². The second-order valence-electron chi connectivity index (χ2n) is 3.65. The van der Waals surface area contributed by atoms with Gasteiger partial charge in [0.05, 0.1) is 11.3 Å². The van der Waals surface area contributed by atoms with E-state index in [2.05, 4.69) is 4.98 Å². The van der Waals surface area contributed by atoms with E-state index in [1.54, 1.807) is 12.1 Å². The molecule has 0 aliphatic rings. The largest absolute Gasteiger partial charge is 0.471 e. The van der Waals surface area contributed by atoms with Gasteiger partial charge >= 0.3 is 0 Å². The van der Waals surface area contributed by atoms with Crippen molar-refractivity contribution in [1.82, 2.24) is 4.98 Å². The average Bonchev–Trinajstić information content (AvgIpc) is 2.39. The number of halogens is 1. The van der Waals surface area contributed by atoms with E-state index in [1.165, 1.54) is 12.3 Å². The Balaban J connectivity index is 2.06. The first-order valence-corrected chi connectivity index (χ1v) is 5.59. The van der Waals surface area contributed by atoms with Crippen LogP contribution in [-0.4, -0.2) is 4.98 Å². The highest BCUT2D eigenvalue weighted by molar-refractivity contribution is 6.30. The monoisotopic (exact) mass is 259 g/mol. The number of nitrogen functional groups attached to an aromatic ring is 1. The summed E-state index contributed by atoms with van der Waals surface area (Å²) in [6.45, 7) is 0.347. The highest BCUT2D eigenvalue weighted by Crippen LogP contribution is 2.20. The van der Waals surface area contributed by atoms with Crippen LogP contribution in [0.2, 0.25) is 5.02 Å². The molecule has 0 saturated heterocycles. The summed E-state index contributed by atoms with van der Waals surface area (Å²) in [5.41, 5.74) is 7.45. The number of nitrogens with zero attached hydrogens (tertiary/aromatic N) is 2. The van der Waals surface area contributed by atoms with Crippen LogP contribution in [0.1, 0.15) is 11.1 Å². The Kier molecular flexibility index (Phi) is 3.66. The Labute approximate surface area is 110 Å². The molecule has 0 bridgehead atoms. The van der Waals surface area contributed by atoms with Crippen LogP contribution in [0, 0.1) is 11.3 Å². The molecule has 18 heavy (non-hydrogen) atoms. The lowest BCUT2D eigenvalue weighted by Crippen LogP contribution is -2.01. The average molecular weight is 260 g/mol. The number of rotatable bonds is 3. The van der Waals surface area contributed by atoms with E-state index >= 15 is 0 Å². The molecule has 2 rings (SSSR count). The normalized spacial score (nSPS) is 9.78. The predicted octanol–water partition coefficient (Wildman–Crippen LogP) is 2.77. The molecular formula is C13H10ClN3O. The number of anilines is 1. The SMILES string of the molecule is N#Cc1cnc(OCc2ccc(Cl)cc2)c(N)c1. The summed E-state index contributed by atoms with van der Waals surface area (Å²) in [6, 6.07) is 10.8. The second-order valence-corrected chi connectivity index (χ2v) is 4.08. The Hall–Kier alpha value is -2.25. The van der Waals surface area contributed by atoms with Gasteiger partial charge in [-0.3, -0.25) is 0 Å². The molecule has 5 heteroatoms. The smallest absolute Gasteiger partial charge is 0.237 e. The minimum Gasteiger partial charge on any atom is -0.471 e. The van der Waals surface area contributed by atoms with Gasteiger partial charge in [0.1, 0.15) is 12.7 Å². The lowest BCUT2D eigenvalue weighted by atomic mass is 10.2. The van der Waals surface area contributed by atoms with E-state index in [0.717, 1.165) is 5.56 Å². The first kappa shape index (κ1) is 12.2. The fourth-order valence-corrected chi connectivity index (χ4v) is 1.51. The molecule has 1 aromatic carbocycles. The minimum atomic E-state index is 0.323. The fourth-order valence-electron chi connectivity index (χ4n) is 1.38. The molecule has 0 amide bonds. The predicted molar refractivity (Wildman–Crippen MR) is 69.1 cm³/mol. The molecule has 0 spiro atoms. The summed E-state index contributed by atoms with van der Waals surface area (Å²) in [6.07, 6.45) is 1.42. The van der Waals surface area contributed by atoms with E-state index in [0.29, 0.717) is 28.8 Å². The molecule has 90 valence electrons. The number of benzene rings is 1. The maximum Gasteiger partial charge on any atom is 0.237 e. The number of hydrogen-bond donors (Lipinski definition) is 1. The van der Waals surface area contributed by atoms with Gasteiger partial charge in [-0.1, -0.05) is 23.7 Å². The molecule has 1 heterocycles. The van der Waals surface area contributed by atoms with Crippen LogP contribution in [0.4, 0.5) is 5.69 Å². The lowest BCUT2D eigenvalue weighted by Gasteiger charge is -2.07. The topological polar surface area (TPSA) is 71.9 Å². The van der Waals surface area contributed by atoms with E-state index in [9.17, 15) is 0 Å². The van der Waals surface area contributed by atoms with Gasteiger partial charge in [0.2, 0.25) is 5.88 Å². The first-order valence-electron chi connectivity index (χ1n) is 5.22. The quantitative estimate of drug-likeness (QED) is 0.920. The molecule has 0 fully saturated rings. The summed E-state index contributed by atoms with van der Waals surface area (Å²) in [4.78, 5) is 3.99. The van der Waals surface area contributed by atoms with Crippen LogP contribution in [-0.2, 0) is 6.61 Å². The Morgan fingerprint density at radius 3 is 2.67 bits per heavy atom. The third-order valence-electron chi connectivity index (χ3n) is 2.30. The van der Waals surface area contributed by atoms with Crippen molar-refractivity contribution in [3.8, 4) is 11.9 Å². The fraction of sp³-hybridized carbons (Fsp3) is 0.0769. The van der Waals surface area contributed by atoms with Crippen molar-refractivity contribution >= 4 is 17.3 Å². The molecule has 1 aromatic heterocycles. The van der Waals surface area contributed by atoms with Gasteiger partial charge in [0, 0.05) is 11.2 Å². The van der Waals surface area contributed by atoms with Crippen LogP contribution in [0.15, 0.2) is 36.5 Å². The van der Waals surface area contributed by atoms with E-state index in [1.807, 2.05) is 18.2 Å². The van der Waals surface area contributed by atoms with Crippen LogP contribution in [0.3, 0.4) is 0 Å². The van der Waals surface area contributed by atoms with Crippen molar-refractivity contribution in [2.75, 3.05) is 5.73 Å². The number of nitriles is 1. The van der Waals surface area contributed by atoms with Crippen LogP contribution in [0.25, 0.3) is 0 Å². The summed E-state index contributed by atoms with van der Waals surface area (Å²) in [5, 5.41) is 9.36. The number of hydrogen-bond acceptors (Lipinski definition) is 4. The Morgan fingerprint density at radius 1 is 1.33 bits per heavy atom. The van der Waals surface area contributed by atoms with Crippen LogP contribution < -0.4 is 10.5 Å². The van der Waals surface area contributed by atoms with Crippen molar-refractivity contribution in [3.63, 3.8) is 0 Å². The van der Waals surface area contributed by atoms with Gasteiger partial charge in [-0.05, 0) is 23.8 Å². The van der Waals surface area contributed by atoms with Crippen molar-refractivity contribution in [2.45, 2.75) is 6.61 Å². The molecular weight excluding hydrogens is 250 g/mol. The molecule has 0 radical (unpaired) electrons. The zero-order valence-corrected chi connectivity index (χ0v) is 10.2. The first-order chi connectivity index (χ1) is 8.69. The standard InChI is InChI=1S/C13H10ClN3O/c14-11-3-1-9(2-4-11)8-18-13-12(16)5-10(6-15)7-17-13/h1-5,7H,8,16H2. The summed E-state index contributed by atoms with van der Waals surface area (Å²) >= 11 is 5.78. The molecule has 0 aliphatic carbocycles. The number of aromatic nitrogens is 1. The third-order valence-corrected chi connectivity index (χ3v) is 2.55. The van der Waals surface area contributed by atoms with Crippen molar-refractivity contribution in [3.05, 3.63) is 52.7 Å². The number of nitrogens with two attached hydrogens (primary N) is 1. The van der Waals surface area contributed by atoms with Gasteiger partial charge in [-0.2, -0.15) is 5.26 Å². The van der Waals surface area contributed by atoms with E-state index in [4.69, 9.17) is 27.3 Å². The zero-order chi connectivity index (χ0) is 13.0. The van der Waals surface area contributed by atoms with Crippen molar-refractivity contribution < 1.29 is 4.74 Å². The summed E-state index contributed by atoms with van der Waals surface area (Å²) in [7, 11) is 0. The zero-order valence-electron chi connectivity index (χ0n) is 9.43. The lowest BCUT2D eigenvalue weighted by molar-refractivity contribution is 0.296. The maximum absolute atomic E-state index is 8.69. The minimum absolute atomic E-state index is 0.323. The van der Waals surface area contributed by atoms with Gasteiger partial charge in [0.15, 0.2) is 0 Å². The molecule has 0 atom stereocenters. The number of ether oxygens (including phenoxy) is 1. The Bertz CT molecular complexity index is 590. The molecule has 0 saturated carbocycles. The summed E-state index contributed by atoms with van der Waals surface area (Å²) in [5.74, 6) is 0.323. The molecule has 0 unspecified atom stereocenters. The van der Waals surface area contributed by atoms with Crippen molar-refractivity contribution in [2.24, 2.45) is 0 Å². The van der Waals surface area contributed by atoms with Gasteiger partial charge < -0.3 is 10.5 Å². The third kappa shape index (κ3) is 2.90. The summed E-state index contributed by atoms with van der Waals surface area (Å²) < 4.78 is 5.47. The van der Waals surface area contributed by atoms with Gasteiger partial charge in [-0.25, -0.2) is 4.98 Å². The van der Waals surface area contributed by atoms with E-state index in [-0.39, 0.29) is 0 Å². The van der Waals surface area contributed by atoms with Gasteiger partial charge in [0.25, 0.3) is 0 Å². The van der Waals surface area contributed by atoms with Gasteiger partial charge in [-0.15, -0.1) is 0 Å². The van der Waals surface area contributed by atoms with E-state index < -0.39 is 0 Å². The Morgan fingerprint density at radius 2 is 2.06 bits per heavy atom. The second kappa shape index (κ2) is 5.39.